The average Bonchev–Trinajstić information content (AvgIpc) is 3.00. The lowest BCUT2D eigenvalue weighted by Gasteiger charge is -2.21. The summed E-state index contributed by atoms with van der Waals surface area (Å²) in [6.07, 6.45) is 0.745. The molecular weight excluding hydrogens is 318 g/mol. The number of benzene rings is 1. The Kier molecular flexibility index (Phi) is 5.50. The number of thiophene rings is 1. The second-order valence-electron chi connectivity index (χ2n) is 5.05. The van der Waals surface area contributed by atoms with E-state index >= 15 is 0 Å². The highest BCUT2D eigenvalue weighted by Crippen LogP contribution is 2.20. The van der Waals surface area contributed by atoms with Crippen LogP contribution in [0.4, 0.5) is 0 Å². The third kappa shape index (κ3) is 3.82. The van der Waals surface area contributed by atoms with Crippen molar-refractivity contribution in [3.05, 3.63) is 52.2 Å². The van der Waals surface area contributed by atoms with E-state index in [0.29, 0.717) is 18.7 Å². The maximum atomic E-state index is 12.8. The SMILES string of the molecule is CCCN(Cc1ccsc1)S(=O)(=O)c1ccc(C(C)=O)cc1. The topological polar surface area (TPSA) is 54.5 Å². The standard InChI is InChI=1S/C16H19NO3S2/c1-3-9-17(11-14-8-10-21-12-14)22(19,20)16-6-4-15(5-7-16)13(2)18/h4-8,10,12H,3,9,11H2,1-2H3. The molecule has 6 heteroatoms. The van der Waals surface area contributed by atoms with Crippen molar-refractivity contribution in [3.63, 3.8) is 0 Å². The predicted molar refractivity (Wildman–Crippen MR) is 88.7 cm³/mol. The number of rotatable bonds is 7. The summed E-state index contributed by atoms with van der Waals surface area (Å²) in [6.45, 7) is 4.25. The van der Waals surface area contributed by atoms with Crippen molar-refractivity contribution in [2.24, 2.45) is 0 Å². The molecule has 2 rings (SSSR count). The molecule has 22 heavy (non-hydrogen) atoms. The third-order valence-electron chi connectivity index (χ3n) is 3.31. The van der Waals surface area contributed by atoms with Gasteiger partial charge in [0.25, 0.3) is 0 Å². The highest BCUT2D eigenvalue weighted by atomic mass is 32.2. The van der Waals surface area contributed by atoms with Gasteiger partial charge in [-0.15, -0.1) is 0 Å². The Morgan fingerprint density at radius 3 is 2.36 bits per heavy atom. The highest BCUT2D eigenvalue weighted by molar-refractivity contribution is 7.89. The highest BCUT2D eigenvalue weighted by Gasteiger charge is 2.24. The molecule has 1 aromatic heterocycles. The quantitative estimate of drug-likeness (QED) is 0.726. The molecule has 0 aliphatic heterocycles. The van der Waals surface area contributed by atoms with Crippen LogP contribution in [0.25, 0.3) is 0 Å². The van der Waals surface area contributed by atoms with Crippen LogP contribution in [0.15, 0.2) is 46.0 Å². The summed E-state index contributed by atoms with van der Waals surface area (Å²) in [5.74, 6) is -0.0763. The van der Waals surface area contributed by atoms with Gasteiger partial charge < -0.3 is 0 Å². The fraction of sp³-hybridized carbons (Fsp3) is 0.312. The summed E-state index contributed by atoms with van der Waals surface area (Å²) in [5, 5.41) is 3.89. The van der Waals surface area contributed by atoms with Crippen molar-refractivity contribution in [2.75, 3.05) is 6.54 Å². The van der Waals surface area contributed by atoms with Crippen LogP contribution in [0, 0.1) is 0 Å². The lowest BCUT2D eigenvalue weighted by atomic mass is 10.2. The molecule has 0 amide bonds. The lowest BCUT2D eigenvalue weighted by Crippen LogP contribution is -2.31. The van der Waals surface area contributed by atoms with E-state index in [1.54, 1.807) is 23.5 Å². The molecule has 0 spiro atoms. The van der Waals surface area contributed by atoms with Crippen molar-refractivity contribution in [2.45, 2.75) is 31.7 Å². The molecule has 0 N–H and O–H groups in total. The van der Waals surface area contributed by atoms with E-state index in [4.69, 9.17) is 0 Å². The fourth-order valence-electron chi connectivity index (χ4n) is 2.13. The van der Waals surface area contributed by atoms with Gasteiger partial charge in [-0.2, -0.15) is 15.6 Å². The van der Waals surface area contributed by atoms with Gasteiger partial charge in [0.05, 0.1) is 4.90 Å². The Bertz CT molecular complexity index is 719. The molecule has 0 saturated carbocycles. The Hall–Kier alpha value is -1.50. The summed E-state index contributed by atoms with van der Waals surface area (Å²) in [5.41, 5.74) is 1.50. The number of carbonyl (C=O) groups is 1. The minimum atomic E-state index is -3.56. The zero-order chi connectivity index (χ0) is 16.2. The molecule has 118 valence electrons. The van der Waals surface area contributed by atoms with Crippen molar-refractivity contribution < 1.29 is 13.2 Å². The van der Waals surface area contributed by atoms with Crippen LogP contribution in [-0.4, -0.2) is 25.1 Å². The number of sulfonamides is 1. The van der Waals surface area contributed by atoms with Gasteiger partial charge in [0.15, 0.2) is 5.78 Å². The van der Waals surface area contributed by atoms with Gasteiger partial charge in [0, 0.05) is 18.7 Å². The van der Waals surface area contributed by atoms with Crippen LogP contribution in [0.5, 0.6) is 0 Å². The Morgan fingerprint density at radius 2 is 1.86 bits per heavy atom. The van der Waals surface area contributed by atoms with Crippen molar-refractivity contribution in [1.29, 1.82) is 0 Å². The van der Waals surface area contributed by atoms with Gasteiger partial charge in [-0.25, -0.2) is 8.42 Å². The molecule has 0 bridgehead atoms. The molecule has 1 aromatic carbocycles. The van der Waals surface area contributed by atoms with Gasteiger partial charge in [-0.1, -0.05) is 19.1 Å². The maximum Gasteiger partial charge on any atom is 0.243 e. The summed E-state index contributed by atoms with van der Waals surface area (Å²) in [6, 6.07) is 8.06. The largest absolute Gasteiger partial charge is 0.295 e. The number of Topliss-reactive ketones (excluding diaryl/α,β-unsaturated/α-hetero) is 1. The second-order valence-corrected chi connectivity index (χ2v) is 7.77. The zero-order valence-corrected chi connectivity index (χ0v) is 14.3. The molecule has 0 aliphatic rings. The van der Waals surface area contributed by atoms with Crippen LogP contribution in [0.1, 0.15) is 36.2 Å². The Morgan fingerprint density at radius 1 is 1.18 bits per heavy atom. The maximum absolute atomic E-state index is 12.8. The lowest BCUT2D eigenvalue weighted by molar-refractivity contribution is 0.101. The Labute approximate surface area is 135 Å². The number of nitrogens with zero attached hydrogens (tertiary/aromatic N) is 1. The van der Waals surface area contributed by atoms with E-state index in [2.05, 4.69) is 0 Å². The van der Waals surface area contributed by atoms with Crippen LogP contribution in [0.2, 0.25) is 0 Å². The van der Waals surface area contributed by atoms with Gasteiger partial charge in [0.2, 0.25) is 10.0 Å². The first-order valence-corrected chi connectivity index (χ1v) is 9.45. The first kappa shape index (κ1) is 16.9. The van der Waals surface area contributed by atoms with Gasteiger partial charge in [0.1, 0.15) is 0 Å². The molecule has 0 aliphatic carbocycles. The second kappa shape index (κ2) is 7.17. The molecule has 2 aromatic rings. The molecule has 4 nitrogen and oxygen atoms in total. The summed E-state index contributed by atoms with van der Waals surface area (Å²) in [4.78, 5) is 11.5. The molecule has 0 unspecified atom stereocenters. The Balaban J connectivity index is 2.29. The van der Waals surface area contributed by atoms with Gasteiger partial charge in [-0.05, 0) is 47.9 Å². The number of hydrogen-bond acceptors (Lipinski definition) is 4. The number of carbonyl (C=O) groups excluding carboxylic acids is 1. The molecular formula is C16H19NO3S2. The van der Waals surface area contributed by atoms with Crippen molar-refractivity contribution in [1.82, 2.24) is 4.31 Å². The first-order chi connectivity index (χ1) is 10.4. The van der Waals surface area contributed by atoms with Crippen molar-refractivity contribution in [3.8, 4) is 0 Å². The molecule has 0 radical (unpaired) electrons. The van der Waals surface area contributed by atoms with Crippen molar-refractivity contribution >= 4 is 27.1 Å². The normalized spacial score (nSPS) is 11.8. The first-order valence-electron chi connectivity index (χ1n) is 7.07. The fourth-order valence-corrected chi connectivity index (χ4v) is 4.31. The van der Waals surface area contributed by atoms with Crippen LogP contribution >= 0.6 is 11.3 Å². The molecule has 1 heterocycles. The van der Waals surface area contributed by atoms with Crippen LogP contribution in [-0.2, 0) is 16.6 Å². The van der Waals surface area contributed by atoms with E-state index in [-0.39, 0.29) is 10.7 Å². The van der Waals surface area contributed by atoms with E-state index in [1.807, 2.05) is 23.8 Å². The van der Waals surface area contributed by atoms with Crippen LogP contribution < -0.4 is 0 Å². The van der Waals surface area contributed by atoms with Gasteiger partial charge >= 0.3 is 0 Å². The number of ketones is 1. The van der Waals surface area contributed by atoms with E-state index in [1.165, 1.54) is 23.4 Å². The van der Waals surface area contributed by atoms with E-state index in [0.717, 1.165) is 12.0 Å². The van der Waals surface area contributed by atoms with E-state index < -0.39 is 10.0 Å². The van der Waals surface area contributed by atoms with Gasteiger partial charge in [-0.3, -0.25) is 4.79 Å². The minimum absolute atomic E-state index is 0.0763. The molecule has 0 fully saturated rings. The summed E-state index contributed by atoms with van der Waals surface area (Å²) in [7, 11) is -3.56. The third-order valence-corrected chi connectivity index (χ3v) is 5.90. The number of hydrogen-bond donors (Lipinski definition) is 0. The summed E-state index contributed by atoms with van der Waals surface area (Å²) < 4.78 is 27.0. The smallest absolute Gasteiger partial charge is 0.243 e. The molecule has 0 saturated heterocycles. The van der Waals surface area contributed by atoms with Crippen LogP contribution in [0.3, 0.4) is 0 Å². The monoisotopic (exact) mass is 337 g/mol. The average molecular weight is 337 g/mol. The summed E-state index contributed by atoms with van der Waals surface area (Å²) >= 11 is 1.55. The molecule has 0 atom stereocenters. The van der Waals surface area contributed by atoms with E-state index in [9.17, 15) is 13.2 Å². The minimum Gasteiger partial charge on any atom is -0.295 e. The zero-order valence-electron chi connectivity index (χ0n) is 12.7. The predicted octanol–water partition coefficient (Wildman–Crippen LogP) is 3.55.